The molecule has 0 aromatic heterocycles. The molecule has 136 valence electrons. The number of alkyl halides is 4. The summed E-state index contributed by atoms with van der Waals surface area (Å²) in [7, 11) is -3.82. The summed E-state index contributed by atoms with van der Waals surface area (Å²) in [5.41, 5.74) is 1.41. The Morgan fingerprint density at radius 1 is 0.720 bits per heavy atom. The lowest BCUT2D eigenvalue weighted by Gasteiger charge is -2.30. The fraction of sp³-hybridized carbons (Fsp3) is 0.250. The molecule has 0 radical (unpaired) electrons. The van der Waals surface area contributed by atoms with Gasteiger partial charge in [-0.05, 0) is 23.3 Å². The molecule has 0 aliphatic rings. The van der Waals surface area contributed by atoms with Crippen LogP contribution in [0.3, 0.4) is 0 Å². The number of hydrogen-bond acceptors (Lipinski definition) is 2. The SMILES string of the molecule is O=S(=O)(C(Br)(Br)Cc1ccccc1Cl)C(Br)(Br)Cc1ccccc1Cl. The second kappa shape index (κ2) is 8.50. The molecule has 0 aliphatic heterocycles. The standard InChI is InChI=1S/C16H12Br4Cl2O2S/c17-15(18,9-11-5-1-3-7-13(11)21)25(23,24)16(19,20)10-12-6-2-4-8-14(12)22/h1-8H,9-10H2. The summed E-state index contributed by atoms with van der Waals surface area (Å²) in [4.78, 5) is 0. The molecular formula is C16H12Br4Cl2O2S. The van der Waals surface area contributed by atoms with Crippen LogP contribution in [0.4, 0.5) is 0 Å². The van der Waals surface area contributed by atoms with Gasteiger partial charge in [0.1, 0.15) is 0 Å². The van der Waals surface area contributed by atoms with E-state index in [9.17, 15) is 8.42 Å². The Labute approximate surface area is 191 Å². The van der Waals surface area contributed by atoms with Gasteiger partial charge in [0.15, 0.2) is 5.13 Å². The Morgan fingerprint density at radius 2 is 1.04 bits per heavy atom. The molecule has 0 fully saturated rings. The van der Waals surface area contributed by atoms with Gasteiger partial charge in [0.25, 0.3) is 0 Å². The van der Waals surface area contributed by atoms with E-state index >= 15 is 0 Å². The van der Waals surface area contributed by atoms with E-state index in [1.54, 1.807) is 36.4 Å². The average molecular weight is 659 g/mol. The van der Waals surface area contributed by atoms with Crippen molar-refractivity contribution in [3.05, 3.63) is 69.7 Å². The van der Waals surface area contributed by atoms with Crippen molar-refractivity contribution in [3.8, 4) is 0 Å². The van der Waals surface area contributed by atoms with Crippen LogP contribution in [-0.4, -0.2) is 13.5 Å². The predicted octanol–water partition coefficient (Wildman–Crippen LogP) is 7.08. The first kappa shape index (κ1) is 22.2. The molecule has 0 spiro atoms. The molecule has 0 aliphatic carbocycles. The monoisotopic (exact) mass is 654 g/mol. The van der Waals surface area contributed by atoms with Gasteiger partial charge < -0.3 is 0 Å². The van der Waals surface area contributed by atoms with Crippen molar-refractivity contribution in [2.45, 2.75) is 18.0 Å². The first-order valence-electron chi connectivity index (χ1n) is 6.94. The van der Waals surface area contributed by atoms with Crippen LogP contribution >= 0.6 is 86.9 Å². The maximum absolute atomic E-state index is 13.2. The smallest absolute Gasteiger partial charge is 0.202 e. The van der Waals surface area contributed by atoms with Crippen LogP contribution in [0.2, 0.25) is 10.0 Å². The molecule has 9 heteroatoms. The quantitative estimate of drug-likeness (QED) is 0.311. The summed E-state index contributed by atoms with van der Waals surface area (Å²) in [6.45, 7) is 0. The van der Waals surface area contributed by atoms with Crippen LogP contribution in [0.5, 0.6) is 0 Å². The zero-order chi connectivity index (χ0) is 18.9. The molecule has 0 N–H and O–H groups in total. The zero-order valence-electron chi connectivity index (χ0n) is 12.5. The van der Waals surface area contributed by atoms with Gasteiger partial charge in [0.2, 0.25) is 9.84 Å². The Hall–Kier alpha value is 0.890. The first-order valence-corrected chi connectivity index (χ1v) is 12.4. The van der Waals surface area contributed by atoms with Crippen molar-refractivity contribution in [1.82, 2.24) is 0 Å². The van der Waals surface area contributed by atoms with Gasteiger partial charge in [-0.25, -0.2) is 8.42 Å². The van der Waals surface area contributed by atoms with Gasteiger partial charge in [-0.15, -0.1) is 0 Å². The summed E-state index contributed by atoms with van der Waals surface area (Å²) in [6, 6.07) is 14.2. The van der Waals surface area contributed by atoms with Gasteiger partial charge in [0.05, 0.1) is 0 Å². The molecule has 0 amide bonds. The number of sulfone groups is 1. The van der Waals surface area contributed by atoms with Gasteiger partial charge in [-0.2, -0.15) is 0 Å². The fourth-order valence-corrected chi connectivity index (χ4v) is 10.8. The van der Waals surface area contributed by atoms with Gasteiger partial charge in [0, 0.05) is 22.9 Å². The number of rotatable bonds is 6. The van der Waals surface area contributed by atoms with Crippen molar-refractivity contribution in [3.63, 3.8) is 0 Å². The second-order valence-electron chi connectivity index (χ2n) is 5.31. The molecule has 0 saturated heterocycles. The number of halogens is 6. The molecule has 2 nitrogen and oxygen atoms in total. The molecule has 0 atom stereocenters. The van der Waals surface area contributed by atoms with Crippen molar-refractivity contribution in [1.29, 1.82) is 0 Å². The van der Waals surface area contributed by atoms with Crippen LogP contribution in [-0.2, 0) is 22.7 Å². The predicted molar refractivity (Wildman–Crippen MR) is 120 cm³/mol. The highest BCUT2D eigenvalue weighted by molar-refractivity contribution is 9.31. The summed E-state index contributed by atoms with van der Waals surface area (Å²) in [6.07, 6.45) is 0.271. The Kier molecular flexibility index (Phi) is 7.54. The van der Waals surface area contributed by atoms with Crippen molar-refractivity contribution in [2.24, 2.45) is 0 Å². The van der Waals surface area contributed by atoms with Crippen LogP contribution < -0.4 is 0 Å². The lowest BCUT2D eigenvalue weighted by molar-refractivity contribution is 0.585. The highest BCUT2D eigenvalue weighted by Gasteiger charge is 2.52. The van der Waals surface area contributed by atoms with Crippen molar-refractivity contribution >= 4 is 96.8 Å². The molecule has 0 saturated carbocycles. The highest BCUT2D eigenvalue weighted by atomic mass is 79.9. The molecular weight excluding hydrogens is 647 g/mol. The van der Waals surface area contributed by atoms with Crippen LogP contribution in [0.1, 0.15) is 11.1 Å². The van der Waals surface area contributed by atoms with Crippen LogP contribution in [0, 0.1) is 0 Å². The van der Waals surface area contributed by atoms with E-state index in [2.05, 4.69) is 63.7 Å². The number of hydrogen-bond donors (Lipinski definition) is 0. The minimum Gasteiger partial charge on any atom is -0.224 e. The van der Waals surface area contributed by atoms with E-state index in [1.807, 2.05) is 12.1 Å². The topological polar surface area (TPSA) is 34.1 Å². The maximum atomic E-state index is 13.2. The van der Waals surface area contributed by atoms with Crippen LogP contribution in [0.15, 0.2) is 48.5 Å². The van der Waals surface area contributed by atoms with Crippen LogP contribution in [0.25, 0.3) is 0 Å². The fourth-order valence-electron chi connectivity index (χ4n) is 2.14. The average Bonchev–Trinajstić information content (AvgIpc) is 2.51. The van der Waals surface area contributed by atoms with Gasteiger partial charge in [-0.1, -0.05) is 123 Å². The summed E-state index contributed by atoms with van der Waals surface area (Å²) in [5, 5.41) is 1.00. The van der Waals surface area contributed by atoms with E-state index in [-0.39, 0.29) is 12.8 Å². The number of benzene rings is 2. The van der Waals surface area contributed by atoms with Gasteiger partial charge >= 0.3 is 0 Å². The highest BCUT2D eigenvalue weighted by Crippen LogP contribution is 2.50. The van der Waals surface area contributed by atoms with E-state index in [0.29, 0.717) is 21.2 Å². The Morgan fingerprint density at radius 3 is 1.36 bits per heavy atom. The van der Waals surface area contributed by atoms with E-state index in [4.69, 9.17) is 23.2 Å². The van der Waals surface area contributed by atoms with Crippen molar-refractivity contribution in [2.75, 3.05) is 0 Å². The Bertz CT molecular complexity index is 804. The third kappa shape index (κ3) is 5.04. The molecule has 0 unspecified atom stereocenters. The molecule has 25 heavy (non-hydrogen) atoms. The maximum Gasteiger partial charge on any atom is 0.202 e. The Balaban J connectivity index is 2.34. The molecule has 2 aromatic carbocycles. The van der Waals surface area contributed by atoms with E-state index in [0.717, 1.165) is 0 Å². The zero-order valence-corrected chi connectivity index (χ0v) is 21.2. The van der Waals surface area contributed by atoms with Gasteiger partial charge in [-0.3, -0.25) is 0 Å². The summed E-state index contributed by atoms with van der Waals surface area (Å²) < 4.78 is 23.6. The minimum atomic E-state index is -3.82. The van der Waals surface area contributed by atoms with Crippen molar-refractivity contribution < 1.29 is 8.42 Å². The normalized spacial score (nSPS) is 13.0. The van der Waals surface area contributed by atoms with E-state index in [1.165, 1.54) is 0 Å². The summed E-state index contributed by atoms with van der Waals surface area (Å²) >= 11 is 25.6. The first-order chi connectivity index (χ1) is 11.5. The third-order valence-corrected chi connectivity index (χ3v) is 12.3. The molecule has 0 bridgehead atoms. The van der Waals surface area contributed by atoms with E-state index < -0.39 is 15.0 Å². The lowest BCUT2D eigenvalue weighted by atomic mass is 10.2. The molecule has 2 aromatic rings. The minimum absolute atomic E-state index is 0.135. The molecule has 0 heterocycles. The lowest BCUT2D eigenvalue weighted by Crippen LogP contribution is -2.41. The largest absolute Gasteiger partial charge is 0.224 e. The summed E-state index contributed by atoms with van der Waals surface area (Å²) in [5.74, 6) is 0. The third-order valence-electron chi connectivity index (χ3n) is 3.49. The second-order valence-corrected chi connectivity index (χ2v) is 18.2. The molecule has 2 rings (SSSR count).